The first-order valence-electron chi connectivity index (χ1n) is 5.98. The predicted octanol–water partition coefficient (Wildman–Crippen LogP) is 1.43. The van der Waals surface area contributed by atoms with Crippen LogP contribution in [-0.2, 0) is 4.79 Å². The molecule has 1 amide bonds. The molecule has 0 heterocycles. The van der Waals surface area contributed by atoms with Crippen molar-refractivity contribution in [3.8, 4) is 5.75 Å². The molecule has 6 heteroatoms. The zero-order valence-electron chi connectivity index (χ0n) is 10.2. The molecular weight excluding hydrogens is 253 g/mol. The van der Waals surface area contributed by atoms with Gasteiger partial charge in [0, 0.05) is 6.54 Å². The van der Waals surface area contributed by atoms with E-state index in [1.807, 2.05) is 0 Å². The molecule has 0 radical (unpaired) electrons. The van der Waals surface area contributed by atoms with E-state index in [0.29, 0.717) is 12.5 Å². The summed E-state index contributed by atoms with van der Waals surface area (Å²) in [4.78, 5) is 22.0. The van der Waals surface area contributed by atoms with Crippen molar-refractivity contribution in [2.45, 2.75) is 12.8 Å². The Bertz CT molecular complexity index is 499. The third kappa shape index (κ3) is 3.94. The molecule has 0 saturated heterocycles. The Morgan fingerprint density at radius 1 is 1.42 bits per heavy atom. The maximum absolute atomic E-state index is 13.5. The Morgan fingerprint density at radius 2 is 2.16 bits per heavy atom. The molecule has 1 saturated carbocycles. The summed E-state index contributed by atoms with van der Waals surface area (Å²) in [6.45, 7) is 0.346. The number of halogens is 1. The Labute approximate surface area is 109 Å². The molecule has 1 aliphatic rings. The Hall–Kier alpha value is -2.11. The molecule has 1 fully saturated rings. The Morgan fingerprint density at radius 3 is 2.74 bits per heavy atom. The van der Waals surface area contributed by atoms with Crippen molar-refractivity contribution >= 4 is 11.9 Å². The second-order valence-electron chi connectivity index (χ2n) is 4.49. The molecule has 1 aliphatic carbocycles. The van der Waals surface area contributed by atoms with E-state index in [1.54, 1.807) is 0 Å². The number of hydrogen-bond donors (Lipinski definition) is 2. The van der Waals surface area contributed by atoms with Gasteiger partial charge in [0.15, 0.2) is 18.2 Å². The predicted molar refractivity (Wildman–Crippen MR) is 64.6 cm³/mol. The number of amides is 1. The Balaban J connectivity index is 1.84. The maximum Gasteiger partial charge on any atom is 0.335 e. The lowest BCUT2D eigenvalue weighted by Gasteiger charge is -2.08. The summed E-state index contributed by atoms with van der Waals surface area (Å²) in [5, 5.41) is 11.4. The van der Waals surface area contributed by atoms with Crippen LogP contribution in [-0.4, -0.2) is 30.1 Å². The summed E-state index contributed by atoms with van der Waals surface area (Å²) in [5.74, 6) is -1.89. The molecule has 0 aliphatic heterocycles. The summed E-state index contributed by atoms with van der Waals surface area (Å²) in [6.07, 6.45) is 2.26. The second-order valence-corrected chi connectivity index (χ2v) is 4.49. The molecule has 0 unspecified atom stereocenters. The van der Waals surface area contributed by atoms with Crippen LogP contribution in [0.5, 0.6) is 5.75 Å². The zero-order chi connectivity index (χ0) is 13.8. The highest BCUT2D eigenvalue weighted by Crippen LogP contribution is 2.27. The highest BCUT2D eigenvalue weighted by molar-refractivity contribution is 5.87. The third-order valence-electron chi connectivity index (χ3n) is 2.82. The average molecular weight is 267 g/mol. The smallest absolute Gasteiger partial charge is 0.335 e. The van der Waals surface area contributed by atoms with E-state index in [9.17, 15) is 14.0 Å². The van der Waals surface area contributed by atoms with Gasteiger partial charge in [-0.05, 0) is 37.0 Å². The van der Waals surface area contributed by atoms with E-state index < -0.39 is 11.8 Å². The van der Waals surface area contributed by atoms with Gasteiger partial charge in [0.2, 0.25) is 0 Å². The summed E-state index contributed by atoms with van der Waals surface area (Å²) in [5.41, 5.74) is -0.164. The number of nitrogens with one attached hydrogen (secondary N) is 1. The minimum absolute atomic E-state index is 0.133. The van der Waals surface area contributed by atoms with Crippen molar-refractivity contribution < 1.29 is 23.8 Å². The summed E-state index contributed by atoms with van der Waals surface area (Å²) in [7, 11) is 0. The monoisotopic (exact) mass is 267 g/mol. The summed E-state index contributed by atoms with van der Waals surface area (Å²) < 4.78 is 18.5. The van der Waals surface area contributed by atoms with Gasteiger partial charge < -0.3 is 15.2 Å². The molecular formula is C13H14FNO4. The van der Waals surface area contributed by atoms with Crippen LogP contribution in [0.2, 0.25) is 0 Å². The van der Waals surface area contributed by atoms with E-state index in [0.717, 1.165) is 18.9 Å². The van der Waals surface area contributed by atoms with Crippen LogP contribution in [0.25, 0.3) is 0 Å². The highest BCUT2D eigenvalue weighted by Gasteiger charge is 2.21. The number of ether oxygens (including phenoxy) is 1. The normalized spacial score (nSPS) is 13.9. The lowest BCUT2D eigenvalue weighted by molar-refractivity contribution is -0.123. The standard InChI is InChI=1S/C13H14FNO4/c14-10-5-9(13(17)18)3-4-11(10)19-7-12(16)15-6-8-1-2-8/h3-5,8H,1-2,6-7H2,(H,15,16)(H,17,18). The molecule has 0 bridgehead atoms. The number of benzene rings is 1. The molecule has 102 valence electrons. The number of carbonyl (C=O) groups is 2. The molecule has 1 aromatic carbocycles. The highest BCUT2D eigenvalue weighted by atomic mass is 19.1. The van der Waals surface area contributed by atoms with Gasteiger partial charge in [-0.2, -0.15) is 0 Å². The SMILES string of the molecule is O=C(COc1ccc(C(=O)O)cc1F)NCC1CC1. The maximum atomic E-state index is 13.5. The van der Waals surface area contributed by atoms with Crippen LogP contribution in [0.4, 0.5) is 4.39 Å². The number of aromatic carboxylic acids is 1. The second kappa shape index (κ2) is 5.69. The lowest BCUT2D eigenvalue weighted by atomic mass is 10.2. The molecule has 0 atom stereocenters. The van der Waals surface area contributed by atoms with Gasteiger partial charge in [-0.1, -0.05) is 0 Å². The zero-order valence-corrected chi connectivity index (χ0v) is 10.2. The fourth-order valence-corrected chi connectivity index (χ4v) is 1.53. The van der Waals surface area contributed by atoms with Crippen LogP contribution in [0.3, 0.4) is 0 Å². The van der Waals surface area contributed by atoms with E-state index in [1.165, 1.54) is 12.1 Å². The van der Waals surface area contributed by atoms with Crippen LogP contribution >= 0.6 is 0 Å². The fraction of sp³-hybridized carbons (Fsp3) is 0.385. The van der Waals surface area contributed by atoms with E-state index >= 15 is 0 Å². The molecule has 0 spiro atoms. The van der Waals surface area contributed by atoms with Gasteiger partial charge in [0.1, 0.15) is 0 Å². The minimum Gasteiger partial charge on any atom is -0.481 e. The number of carbonyl (C=O) groups excluding carboxylic acids is 1. The van der Waals surface area contributed by atoms with E-state index in [4.69, 9.17) is 9.84 Å². The number of rotatable bonds is 6. The molecule has 1 aromatic rings. The first kappa shape index (κ1) is 13.3. The quantitative estimate of drug-likeness (QED) is 0.817. The number of hydrogen-bond acceptors (Lipinski definition) is 3. The lowest BCUT2D eigenvalue weighted by Crippen LogP contribution is -2.30. The van der Waals surface area contributed by atoms with Crippen molar-refractivity contribution in [1.82, 2.24) is 5.32 Å². The average Bonchev–Trinajstić information content (AvgIpc) is 3.18. The summed E-state index contributed by atoms with van der Waals surface area (Å²) in [6, 6.07) is 3.29. The van der Waals surface area contributed by atoms with Gasteiger partial charge in [-0.25, -0.2) is 9.18 Å². The van der Waals surface area contributed by atoms with Crippen molar-refractivity contribution in [1.29, 1.82) is 0 Å². The largest absolute Gasteiger partial charge is 0.481 e. The van der Waals surface area contributed by atoms with Gasteiger partial charge in [-0.3, -0.25) is 4.79 Å². The topological polar surface area (TPSA) is 75.6 Å². The first-order valence-corrected chi connectivity index (χ1v) is 5.98. The molecule has 0 aromatic heterocycles. The number of carboxylic acid groups (broad SMARTS) is 1. The molecule has 2 N–H and O–H groups in total. The molecule has 19 heavy (non-hydrogen) atoms. The minimum atomic E-state index is -1.22. The fourth-order valence-electron chi connectivity index (χ4n) is 1.53. The Kier molecular flexibility index (Phi) is 3.99. The van der Waals surface area contributed by atoms with Gasteiger partial charge in [-0.15, -0.1) is 0 Å². The van der Waals surface area contributed by atoms with Crippen LogP contribution in [0.15, 0.2) is 18.2 Å². The van der Waals surface area contributed by atoms with Gasteiger partial charge in [0.05, 0.1) is 5.56 Å². The summed E-state index contributed by atoms with van der Waals surface area (Å²) >= 11 is 0. The molecule has 2 rings (SSSR count). The van der Waals surface area contributed by atoms with Crippen LogP contribution in [0.1, 0.15) is 23.2 Å². The van der Waals surface area contributed by atoms with Crippen LogP contribution < -0.4 is 10.1 Å². The van der Waals surface area contributed by atoms with Crippen molar-refractivity contribution in [2.75, 3.05) is 13.2 Å². The van der Waals surface area contributed by atoms with Crippen LogP contribution in [0, 0.1) is 11.7 Å². The van der Waals surface area contributed by atoms with E-state index in [2.05, 4.69) is 5.32 Å². The van der Waals surface area contributed by atoms with Crippen molar-refractivity contribution in [2.24, 2.45) is 5.92 Å². The first-order chi connectivity index (χ1) is 9.06. The van der Waals surface area contributed by atoms with Crippen molar-refractivity contribution in [3.05, 3.63) is 29.6 Å². The van der Waals surface area contributed by atoms with Crippen molar-refractivity contribution in [3.63, 3.8) is 0 Å². The van der Waals surface area contributed by atoms with E-state index in [-0.39, 0.29) is 23.8 Å². The van der Waals surface area contributed by atoms with Gasteiger partial charge in [0.25, 0.3) is 5.91 Å². The third-order valence-corrected chi connectivity index (χ3v) is 2.82. The van der Waals surface area contributed by atoms with Gasteiger partial charge >= 0.3 is 5.97 Å². The molecule has 5 nitrogen and oxygen atoms in total. The number of carboxylic acids is 1.